The molecule has 4 aromatic rings. The highest BCUT2D eigenvalue weighted by molar-refractivity contribution is 7.89. The van der Waals surface area contributed by atoms with Gasteiger partial charge >= 0.3 is 5.82 Å². The molecule has 7 nitrogen and oxygen atoms in total. The minimum atomic E-state index is -3.94. The van der Waals surface area contributed by atoms with E-state index in [4.69, 9.17) is 10.9 Å². The van der Waals surface area contributed by atoms with Gasteiger partial charge in [0.25, 0.3) is 0 Å². The van der Waals surface area contributed by atoms with E-state index in [1.165, 1.54) is 6.07 Å². The maximum Gasteiger partial charge on any atom is 0.332 e. The first kappa shape index (κ1) is 14.6. The molecule has 0 radical (unpaired) electrons. The average Bonchev–Trinajstić information content (AvgIpc) is 3.02. The number of aromatic amines is 2. The van der Waals surface area contributed by atoms with Gasteiger partial charge in [0.05, 0.1) is 21.9 Å². The van der Waals surface area contributed by atoms with Gasteiger partial charge < -0.3 is 10.7 Å². The quantitative estimate of drug-likeness (QED) is 0.477. The SMILES string of the molecule is Nc1cccc(S(N)(=O)=O)c1-c1nc2c(ccc3[nH]ccc32)c[nH+]1. The smallest absolute Gasteiger partial charge is 0.332 e. The molecule has 0 aliphatic heterocycles. The summed E-state index contributed by atoms with van der Waals surface area (Å²) in [6.45, 7) is 0. The first-order chi connectivity index (χ1) is 11.4. The molecule has 0 saturated heterocycles. The van der Waals surface area contributed by atoms with Crippen LogP contribution in [0.3, 0.4) is 0 Å². The molecule has 2 heterocycles. The van der Waals surface area contributed by atoms with Crippen molar-refractivity contribution in [2.75, 3.05) is 5.73 Å². The highest BCUT2D eigenvalue weighted by atomic mass is 32.2. The van der Waals surface area contributed by atoms with Gasteiger partial charge in [0, 0.05) is 17.4 Å². The van der Waals surface area contributed by atoms with Gasteiger partial charge in [-0.1, -0.05) is 6.07 Å². The van der Waals surface area contributed by atoms with Gasteiger partial charge in [0.2, 0.25) is 10.0 Å². The van der Waals surface area contributed by atoms with E-state index < -0.39 is 10.0 Å². The lowest BCUT2D eigenvalue weighted by Gasteiger charge is -2.06. The number of primary sulfonamides is 1. The van der Waals surface area contributed by atoms with Crippen LogP contribution in [0.4, 0.5) is 5.69 Å². The predicted octanol–water partition coefficient (Wildman–Crippen LogP) is 1.43. The Bertz CT molecular complexity index is 1200. The van der Waals surface area contributed by atoms with Crippen LogP contribution in [0, 0.1) is 0 Å². The number of benzene rings is 2. The topological polar surface area (TPSA) is 129 Å². The van der Waals surface area contributed by atoms with Crippen molar-refractivity contribution in [2.45, 2.75) is 4.90 Å². The third-order valence-electron chi connectivity index (χ3n) is 3.93. The first-order valence-corrected chi connectivity index (χ1v) is 8.70. The lowest BCUT2D eigenvalue weighted by Crippen LogP contribution is -2.18. The highest BCUT2D eigenvalue weighted by Crippen LogP contribution is 2.30. The zero-order chi connectivity index (χ0) is 16.9. The van der Waals surface area contributed by atoms with Gasteiger partial charge in [-0.3, -0.25) is 0 Å². The zero-order valence-electron chi connectivity index (χ0n) is 12.4. The molecule has 0 saturated carbocycles. The molecule has 2 aromatic carbocycles. The van der Waals surface area contributed by atoms with Crippen LogP contribution in [0.25, 0.3) is 33.2 Å². The van der Waals surface area contributed by atoms with Gasteiger partial charge in [0.1, 0.15) is 5.56 Å². The van der Waals surface area contributed by atoms with Crippen molar-refractivity contribution in [3.8, 4) is 11.4 Å². The van der Waals surface area contributed by atoms with Gasteiger partial charge in [-0.15, -0.1) is 0 Å². The second kappa shape index (κ2) is 5.02. The minimum absolute atomic E-state index is 0.0631. The van der Waals surface area contributed by atoms with E-state index in [0.717, 1.165) is 21.8 Å². The van der Waals surface area contributed by atoms with Crippen LogP contribution in [0.2, 0.25) is 0 Å². The standard InChI is InChI=1S/C16H13N5O2S/c17-11-2-1-3-13(24(18,22)23)14(11)16-20-8-9-4-5-12-10(6-7-19-12)15(9)21-16/h1-8,19H,17H2,(H2,18,22,23)/p+1. The third-order valence-corrected chi connectivity index (χ3v) is 4.88. The summed E-state index contributed by atoms with van der Waals surface area (Å²) < 4.78 is 23.8. The number of H-pyrrole nitrogens is 2. The lowest BCUT2D eigenvalue weighted by atomic mass is 10.1. The van der Waals surface area contributed by atoms with Crippen LogP contribution in [-0.2, 0) is 10.0 Å². The van der Waals surface area contributed by atoms with Crippen LogP contribution in [0.1, 0.15) is 0 Å². The highest BCUT2D eigenvalue weighted by Gasteiger charge is 2.24. The number of hydrogen-bond donors (Lipinski definition) is 3. The van der Waals surface area contributed by atoms with Crippen LogP contribution in [-0.4, -0.2) is 18.4 Å². The van der Waals surface area contributed by atoms with Crippen molar-refractivity contribution in [3.05, 3.63) is 48.8 Å². The van der Waals surface area contributed by atoms with Crippen molar-refractivity contribution in [1.82, 2.24) is 9.97 Å². The Labute approximate surface area is 137 Å². The Morgan fingerprint density at radius 2 is 1.96 bits per heavy atom. The monoisotopic (exact) mass is 340 g/mol. The van der Waals surface area contributed by atoms with Gasteiger partial charge in [-0.05, 0) is 35.3 Å². The van der Waals surface area contributed by atoms with E-state index in [1.807, 2.05) is 24.4 Å². The van der Waals surface area contributed by atoms with E-state index in [1.54, 1.807) is 18.3 Å². The average molecular weight is 340 g/mol. The maximum atomic E-state index is 11.9. The van der Waals surface area contributed by atoms with Gasteiger partial charge in [0.15, 0.2) is 5.52 Å². The molecule has 120 valence electrons. The van der Waals surface area contributed by atoms with Gasteiger partial charge in [-0.25, -0.2) is 18.5 Å². The molecule has 24 heavy (non-hydrogen) atoms. The Morgan fingerprint density at radius 1 is 1.12 bits per heavy atom. The number of nitrogens with two attached hydrogens (primary N) is 2. The van der Waals surface area contributed by atoms with Crippen molar-refractivity contribution >= 4 is 37.5 Å². The lowest BCUT2D eigenvalue weighted by molar-refractivity contribution is -0.366. The first-order valence-electron chi connectivity index (χ1n) is 7.15. The fourth-order valence-electron chi connectivity index (χ4n) is 2.83. The van der Waals surface area contributed by atoms with E-state index in [9.17, 15) is 8.42 Å². The molecule has 8 heteroatoms. The second-order valence-corrected chi connectivity index (χ2v) is 6.99. The molecule has 0 unspecified atom stereocenters. The van der Waals surface area contributed by atoms with Crippen LogP contribution < -0.4 is 15.9 Å². The molecule has 2 aromatic heterocycles. The van der Waals surface area contributed by atoms with Crippen LogP contribution >= 0.6 is 0 Å². The van der Waals surface area contributed by atoms with E-state index >= 15 is 0 Å². The van der Waals surface area contributed by atoms with E-state index in [-0.39, 0.29) is 16.1 Å². The number of anilines is 1. The van der Waals surface area contributed by atoms with Crippen LogP contribution in [0.15, 0.2) is 53.7 Å². The molecule has 0 aliphatic rings. The molecule has 0 spiro atoms. The zero-order valence-corrected chi connectivity index (χ0v) is 13.3. The number of rotatable bonds is 2. The number of nitrogens with zero attached hydrogens (tertiary/aromatic N) is 1. The molecule has 6 N–H and O–H groups in total. The summed E-state index contributed by atoms with van der Waals surface area (Å²) >= 11 is 0. The third kappa shape index (κ3) is 2.20. The van der Waals surface area contributed by atoms with Crippen molar-refractivity contribution in [2.24, 2.45) is 5.14 Å². The van der Waals surface area contributed by atoms with Crippen molar-refractivity contribution < 1.29 is 13.4 Å². The van der Waals surface area contributed by atoms with E-state index in [2.05, 4.69) is 15.0 Å². The maximum absolute atomic E-state index is 11.9. The Balaban J connectivity index is 2.08. The summed E-state index contributed by atoms with van der Waals surface area (Å²) in [5.74, 6) is 0.346. The van der Waals surface area contributed by atoms with Crippen molar-refractivity contribution in [1.29, 1.82) is 0 Å². The molecular formula is C16H14N5O2S+. The summed E-state index contributed by atoms with van der Waals surface area (Å²) in [4.78, 5) is 10.7. The van der Waals surface area contributed by atoms with Crippen LogP contribution in [0.5, 0.6) is 0 Å². The summed E-state index contributed by atoms with van der Waals surface area (Å²) in [6.07, 6.45) is 3.60. The van der Waals surface area contributed by atoms with Crippen molar-refractivity contribution in [3.63, 3.8) is 0 Å². The number of nitrogens with one attached hydrogen (secondary N) is 2. The fourth-order valence-corrected chi connectivity index (χ4v) is 3.60. The molecular weight excluding hydrogens is 326 g/mol. The predicted molar refractivity (Wildman–Crippen MR) is 91.4 cm³/mol. The Kier molecular flexibility index (Phi) is 3.05. The largest absolute Gasteiger partial charge is 0.398 e. The number of hydrogen-bond acceptors (Lipinski definition) is 4. The molecule has 0 fully saturated rings. The summed E-state index contributed by atoms with van der Waals surface area (Å²) in [7, 11) is -3.94. The summed E-state index contributed by atoms with van der Waals surface area (Å²) in [5.41, 5.74) is 8.24. The Morgan fingerprint density at radius 3 is 2.75 bits per heavy atom. The summed E-state index contributed by atoms with van der Waals surface area (Å²) in [5, 5.41) is 7.16. The molecule has 0 aliphatic carbocycles. The number of fused-ring (bicyclic) bond motifs is 3. The number of aromatic nitrogens is 3. The number of nitrogen functional groups attached to an aromatic ring is 1. The normalized spacial score (nSPS) is 12.0. The molecule has 0 bridgehead atoms. The second-order valence-electron chi connectivity index (χ2n) is 5.46. The molecule has 4 rings (SSSR count). The summed E-state index contributed by atoms with van der Waals surface area (Å²) in [6, 6.07) is 10.4. The molecule has 0 atom stereocenters. The fraction of sp³-hybridized carbons (Fsp3) is 0. The minimum Gasteiger partial charge on any atom is -0.398 e. The van der Waals surface area contributed by atoms with E-state index in [0.29, 0.717) is 5.82 Å². The number of sulfonamides is 1. The van der Waals surface area contributed by atoms with Gasteiger partial charge in [-0.2, -0.15) is 0 Å². The molecule has 0 amide bonds. The Hall–Kier alpha value is -2.97.